The first-order chi connectivity index (χ1) is 9.97. The van der Waals surface area contributed by atoms with Crippen molar-refractivity contribution in [3.05, 3.63) is 53.5 Å². The Morgan fingerprint density at radius 3 is 2.76 bits per heavy atom. The lowest BCUT2D eigenvalue weighted by atomic mass is 10.2. The fourth-order valence-corrected chi connectivity index (χ4v) is 2.61. The molecule has 1 heterocycles. The predicted molar refractivity (Wildman–Crippen MR) is 84.3 cm³/mol. The second-order valence-electron chi connectivity index (χ2n) is 4.94. The van der Waals surface area contributed by atoms with Gasteiger partial charge in [-0.15, -0.1) is 11.8 Å². The molecule has 0 atom stereocenters. The molecule has 2 rings (SSSR count). The Balaban J connectivity index is 2.22. The zero-order valence-electron chi connectivity index (χ0n) is 12.2. The molecule has 0 saturated heterocycles. The molecule has 0 fully saturated rings. The first kappa shape index (κ1) is 15.5. The lowest BCUT2D eigenvalue weighted by Crippen LogP contribution is -2.14. The molecule has 21 heavy (non-hydrogen) atoms. The molecule has 2 aromatic rings. The van der Waals surface area contributed by atoms with E-state index in [0.29, 0.717) is 27.1 Å². The average molecular weight is 304 g/mol. The summed E-state index contributed by atoms with van der Waals surface area (Å²) in [6.45, 7) is 5.76. The maximum Gasteiger partial charge on any atom is 0.258 e. The third-order valence-corrected chi connectivity index (χ3v) is 3.81. The summed E-state index contributed by atoms with van der Waals surface area (Å²) in [5.74, 6) is -0.620. The first-order valence-electron chi connectivity index (χ1n) is 6.66. The summed E-state index contributed by atoms with van der Waals surface area (Å²) >= 11 is 1.52. The molecule has 1 aromatic heterocycles. The van der Waals surface area contributed by atoms with Gasteiger partial charge in [0.2, 0.25) is 0 Å². The van der Waals surface area contributed by atoms with Gasteiger partial charge in [0.1, 0.15) is 10.8 Å². The second kappa shape index (κ2) is 6.72. The van der Waals surface area contributed by atoms with Crippen LogP contribution in [0.1, 0.15) is 29.8 Å². The Hall–Kier alpha value is -1.88. The molecule has 1 N–H and O–H groups in total. The van der Waals surface area contributed by atoms with E-state index in [2.05, 4.69) is 10.3 Å². The average Bonchev–Trinajstić information content (AvgIpc) is 2.43. The maximum absolute atomic E-state index is 13.5. The van der Waals surface area contributed by atoms with Crippen LogP contribution >= 0.6 is 11.8 Å². The third-order valence-electron chi connectivity index (χ3n) is 2.79. The van der Waals surface area contributed by atoms with Gasteiger partial charge in [-0.3, -0.25) is 4.79 Å². The molecule has 0 saturated carbocycles. The fourth-order valence-electron chi connectivity index (χ4n) is 1.75. The van der Waals surface area contributed by atoms with Crippen LogP contribution in [0.25, 0.3) is 0 Å². The van der Waals surface area contributed by atoms with Crippen molar-refractivity contribution in [3.63, 3.8) is 0 Å². The van der Waals surface area contributed by atoms with E-state index in [-0.39, 0.29) is 11.7 Å². The monoisotopic (exact) mass is 304 g/mol. The van der Waals surface area contributed by atoms with Crippen molar-refractivity contribution < 1.29 is 9.18 Å². The quantitative estimate of drug-likeness (QED) is 0.857. The van der Waals surface area contributed by atoms with E-state index < -0.39 is 0 Å². The number of anilines is 1. The maximum atomic E-state index is 13.5. The van der Waals surface area contributed by atoms with E-state index in [4.69, 9.17) is 0 Å². The first-order valence-corrected chi connectivity index (χ1v) is 7.54. The van der Waals surface area contributed by atoms with Gasteiger partial charge in [0.15, 0.2) is 0 Å². The van der Waals surface area contributed by atoms with Crippen molar-refractivity contribution >= 4 is 23.4 Å². The molecule has 1 amide bonds. The number of hydrogen-bond acceptors (Lipinski definition) is 3. The van der Waals surface area contributed by atoms with Crippen LogP contribution in [0, 0.1) is 12.7 Å². The van der Waals surface area contributed by atoms with E-state index in [9.17, 15) is 9.18 Å². The summed E-state index contributed by atoms with van der Waals surface area (Å²) in [5, 5.41) is 3.71. The van der Waals surface area contributed by atoms with E-state index >= 15 is 0 Å². The minimum atomic E-state index is -0.337. The second-order valence-corrected chi connectivity index (χ2v) is 6.51. The van der Waals surface area contributed by atoms with Crippen LogP contribution in [-0.2, 0) is 0 Å². The smallest absolute Gasteiger partial charge is 0.258 e. The lowest BCUT2D eigenvalue weighted by Gasteiger charge is -2.11. The molecular weight excluding hydrogens is 287 g/mol. The number of aryl methyl sites for hydroxylation is 1. The van der Waals surface area contributed by atoms with Gasteiger partial charge in [0.25, 0.3) is 5.91 Å². The molecule has 0 aliphatic heterocycles. The number of carbonyl (C=O) groups is 1. The van der Waals surface area contributed by atoms with E-state index in [1.807, 2.05) is 13.8 Å². The van der Waals surface area contributed by atoms with Gasteiger partial charge < -0.3 is 5.32 Å². The molecule has 0 aliphatic carbocycles. The van der Waals surface area contributed by atoms with E-state index in [1.165, 1.54) is 17.8 Å². The number of benzene rings is 1. The molecule has 5 heteroatoms. The molecule has 0 unspecified atom stereocenters. The van der Waals surface area contributed by atoms with Gasteiger partial charge in [0.05, 0.1) is 5.56 Å². The number of nitrogens with one attached hydrogen (secondary N) is 1. The van der Waals surface area contributed by atoms with Gasteiger partial charge in [-0.05, 0) is 36.8 Å². The summed E-state index contributed by atoms with van der Waals surface area (Å²) in [5.41, 5.74) is 1.48. The Kier molecular flexibility index (Phi) is 4.96. The van der Waals surface area contributed by atoms with Gasteiger partial charge in [0, 0.05) is 17.1 Å². The minimum absolute atomic E-state index is 0.283. The van der Waals surface area contributed by atoms with Crippen LogP contribution in [0.5, 0.6) is 0 Å². The summed E-state index contributed by atoms with van der Waals surface area (Å²) in [7, 11) is 0. The van der Waals surface area contributed by atoms with Gasteiger partial charge in [-0.1, -0.05) is 19.9 Å². The number of pyridine rings is 1. The zero-order chi connectivity index (χ0) is 15.4. The van der Waals surface area contributed by atoms with Crippen molar-refractivity contribution in [2.24, 2.45) is 0 Å². The van der Waals surface area contributed by atoms with Crippen LogP contribution in [0.2, 0.25) is 0 Å². The highest BCUT2D eigenvalue weighted by molar-refractivity contribution is 7.99. The summed E-state index contributed by atoms with van der Waals surface area (Å²) in [6, 6.07) is 8.07. The number of rotatable bonds is 4. The van der Waals surface area contributed by atoms with E-state index in [1.54, 1.807) is 37.4 Å². The number of hydrogen-bond donors (Lipinski definition) is 1. The van der Waals surface area contributed by atoms with E-state index in [0.717, 1.165) is 0 Å². The van der Waals surface area contributed by atoms with Crippen molar-refractivity contribution in [1.82, 2.24) is 4.98 Å². The Bertz CT molecular complexity index is 658. The highest BCUT2D eigenvalue weighted by Crippen LogP contribution is 2.25. The Morgan fingerprint density at radius 2 is 2.10 bits per heavy atom. The SMILES string of the molecule is Cc1ccc(NC(=O)c2cccnc2SC(C)C)cc1F. The largest absolute Gasteiger partial charge is 0.322 e. The highest BCUT2D eigenvalue weighted by Gasteiger charge is 2.14. The molecule has 0 spiro atoms. The van der Waals surface area contributed by atoms with Crippen LogP contribution in [0.4, 0.5) is 10.1 Å². The molecule has 0 bridgehead atoms. The number of amides is 1. The summed E-state index contributed by atoms with van der Waals surface area (Å²) < 4.78 is 13.5. The van der Waals surface area contributed by atoms with Gasteiger partial charge in [-0.25, -0.2) is 9.37 Å². The number of carbonyl (C=O) groups excluding carboxylic acids is 1. The van der Waals surface area contributed by atoms with Crippen molar-refractivity contribution in [2.75, 3.05) is 5.32 Å². The molecule has 3 nitrogen and oxygen atoms in total. The number of nitrogens with zero attached hydrogens (tertiary/aromatic N) is 1. The molecule has 110 valence electrons. The Labute approximate surface area is 128 Å². The molecular formula is C16H17FN2OS. The van der Waals surface area contributed by atoms with Crippen molar-refractivity contribution in [2.45, 2.75) is 31.0 Å². The third kappa shape index (κ3) is 4.04. The lowest BCUT2D eigenvalue weighted by molar-refractivity contribution is 0.102. The van der Waals surface area contributed by atoms with Crippen molar-refractivity contribution in [1.29, 1.82) is 0 Å². The minimum Gasteiger partial charge on any atom is -0.322 e. The topological polar surface area (TPSA) is 42.0 Å². The summed E-state index contributed by atoms with van der Waals surface area (Å²) in [4.78, 5) is 16.6. The number of aromatic nitrogens is 1. The molecule has 1 aromatic carbocycles. The van der Waals surface area contributed by atoms with Gasteiger partial charge in [-0.2, -0.15) is 0 Å². The fraction of sp³-hybridized carbons (Fsp3) is 0.250. The normalized spacial score (nSPS) is 10.7. The van der Waals surface area contributed by atoms with Gasteiger partial charge >= 0.3 is 0 Å². The number of halogens is 1. The number of thioether (sulfide) groups is 1. The van der Waals surface area contributed by atoms with Crippen LogP contribution in [0.3, 0.4) is 0 Å². The highest BCUT2D eigenvalue weighted by atomic mass is 32.2. The Morgan fingerprint density at radius 1 is 1.33 bits per heavy atom. The van der Waals surface area contributed by atoms with Crippen LogP contribution in [0.15, 0.2) is 41.6 Å². The van der Waals surface area contributed by atoms with Crippen molar-refractivity contribution in [3.8, 4) is 0 Å². The predicted octanol–water partition coefficient (Wildman–Crippen LogP) is 4.28. The summed E-state index contributed by atoms with van der Waals surface area (Å²) in [6.07, 6.45) is 1.66. The zero-order valence-corrected chi connectivity index (χ0v) is 13.0. The van der Waals surface area contributed by atoms with Crippen LogP contribution in [-0.4, -0.2) is 16.1 Å². The molecule has 0 radical (unpaired) electrons. The standard InChI is InChI=1S/C16H17FN2OS/c1-10(2)21-16-13(5-4-8-18-16)15(20)19-12-7-6-11(3)14(17)9-12/h4-10H,1-3H3,(H,19,20). The molecule has 0 aliphatic rings. The van der Waals surface area contributed by atoms with Crippen LogP contribution < -0.4 is 5.32 Å².